The van der Waals surface area contributed by atoms with Crippen molar-refractivity contribution in [3.63, 3.8) is 0 Å². The lowest BCUT2D eigenvalue weighted by molar-refractivity contribution is -0.147. The van der Waals surface area contributed by atoms with E-state index in [0.717, 1.165) is 12.2 Å². The van der Waals surface area contributed by atoms with Crippen LogP contribution in [0.4, 0.5) is 0 Å². The fraction of sp³-hybridized carbons (Fsp3) is 0.500. The Bertz CT molecular complexity index is 374. The summed E-state index contributed by atoms with van der Waals surface area (Å²) in [5.41, 5.74) is 1.23. The molecule has 0 amide bonds. The van der Waals surface area contributed by atoms with Gasteiger partial charge >= 0.3 is 5.97 Å². The first-order chi connectivity index (χ1) is 8.75. The van der Waals surface area contributed by atoms with Crippen molar-refractivity contribution in [3.05, 3.63) is 35.9 Å². The summed E-state index contributed by atoms with van der Waals surface area (Å²) in [6.07, 6.45) is 0.777. The van der Waals surface area contributed by atoms with Crippen molar-refractivity contribution in [1.29, 1.82) is 0 Å². The average molecular weight is 266 g/mol. The van der Waals surface area contributed by atoms with Crippen LogP contribution in [0.25, 0.3) is 0 Å². The van der Waals surface area contributed by atoms with E-state index >= 15 is 0 Å². The Morgan fingerprint density at radius 1 is 1.50 bits per heavy atom. The van der Waals surface area contributed by atoms with Crippen LogP contribution in [0.2, 0.25) is 0 Å². The number of hydrogen-bond acceptors (Lipinski definition) is 4. The highest BCUT2D eigenvalue weighted by atomic mass is 32.2. The van der Waals surface area contributed by atoms with Gasteiger partial charge in [0.25, 0.3) is 0 Å². The lowest BCUT2D eigenvalue weighted by Crippen LogP contribution is -2.24. The van der Waals surface area contributed by atoms with Gasteiger partial charge in [0.05, 0.1) is 18.5 Å². The van der Waals surface area contributed by atoms with Gasteiger partial charge in [-0.25, -0.2) is 0 Å². The van der Waals surface area contributed by atoms with E-state index in [9.17, 15) is 4.79 Å². The van der Waals surface area contributed by atoms with Crippen molar-refractivity contribution in [1.82, 2.24) is 0 Å². The molecule has 0 radical (unpaired) electrons. The second-order valence-electron chi connectivity index (χ2n) is 4.36. The third kappa shape index (κ3) is 4.03. The smallest absolute Gasteiger partial charge is 0.319 e. The zero-order valence-corrected chi connectivity index (χ0v) is 11.3. The Kier molecular flexibility index (Phi) is 5.08. The predicted molar refractivity (Wildman–Crippen MR) is 72.5 cm³/mol. The van der Waals surface area contributed by atoms with E-state index in [1.165, 1.54) is 5.56 Å². The summed E-state index contributed by atoms with van der Waals surface area (Å²) in [6.45, 7) is 3.14. The first kappa shape index (κ1) is 13.4. The standard InChI is InChI=1S/C14H18O3S/c1-11(14(15)17-13-7-8-16-9-13)18-10-12-5-3-2-4-6-12/h2-6,11,13H,7-10H2,1H3. The quantitative estimate of drug-likeness (QED) is 0.768. The Hall–Kier alpha value is -1.00. The Morgan fingerprint density at radius 2 is 2.28 bits per heavy atom. The molecule has 2 atom stereocenters. The minimum absolute atomic E-state index is 0.0442. The maximum Gasteiger partial charge on any atom is 0.319 e. The van der Waals surface area contributed by atoms with Gasteiger partial charge in [0.1, 0.15) is 6.10 Å². The van der Waals surface area contributed by atoms with Crippen LogP contribution in [-0.2, 0) is 20.0 Å². The highest BCUT2D eigenvalue weighted by molar-refractivity contribution is 7.99. The molecule has 1 aromatic rings. The van der Waals surface area contributed by atoms with Gasteiger partial charge in [-0.1, -0.05) is 30.3 Å². The monoisotopic (exact) mass is 266 g/mol. The molecule has 2 rings (SSSR count). The topological polar surface area (TPSA) is 35.5 Å². The van der Waals surface area contributed by atoms with Crippen molar-refractivity contribution in [2.24, 2.45) is 0 Å². The molecule has 0 spiro atoms. The number of thioether (sulfide) groups is 1. The van der Waals surface area contributed by atoms with E-state index < -0.39 is 0 Å². The summed E-state index contributed by atoms with van der Waals surface area (Å²) in [7, 11) is 0. The van der Waals surface area contributed by atoms with Crippen molar-refractivity contribution in [2.75, 3.05) is 13.2 Å². The van der Waals surface area contributed by atoms with E-state index in [0.29, 0.717) is 13.2 Å². The summed E-state index contributed by atoms with van der Waals surface area (Å²) in [5, 5.41) is -0.134. The Morgan fingerprint density at radius 3 is 2.94 bits per heavy atom. The molecule has 0 N–H and O–H groups in total. The van der Waals surface area contributed by atoms with Crippen LogP contribution in [0.15, 0.2) is 30.3 Å². The fourth-order valence-corrected chi connectivity index (χ4v) is 2.56. The van der Waals surface area contributed by atoms with Crippen molar-refractivity contribution in [3.8, 4) is 0 Å². The molecule has 0 aliphatic carbocycles. The van der Waals surface area contributed by atoms with Crippen LogP contribution in [-0.4, -0.2) is 30.5 Å². The van der Waals surface area contributed by atoms with E-state index in [-0.39, 0.29) is 17.3 Å². The van der Waals surface area contributed by atoms with E-state index in [4.69, 9.17) is 9.47 Å². The third-order valence-electron chi connectivity index (χ3n) is 2.85. The van der Waals surface area contributed by atoms with E-state index in [1.54, 1.807) is 11.8 Å². The number of rotatable bonds is 5. The molecule has 0 saturated carbocycles. The van der Waals surface area contributed by atoms with E-state index in [1.807, 2.05) is 25.1 Å². The molecule has 98 valence electrons. The predicted octanol–water partition coefficient (Wildman–Crippen LogP) is 2.64. The summed E-state index contributed by atoms with van der Waals surface area (Å²) in [4.78, 5) is 11.8. The zero-order chi connectivity index (χ0) is 12.8. The second kappa shape index (κ2) is 6.81. The SMILES string of the molecule is CC(SCc1ccccc1)C(=O)OC1CCOC1. The first-order valence-corrected chi connectivity index (χ1v) is 7.24. The maximum atomic E-state index is 11.8. The molecule has 0 bridgehead atoms. The van der Waals surface area contributed by atoms with Gasteiger partial charge in [0.2, 0.25) is 0 Å². The summed E-state index contributed by atoms with van der Waals surface area (Å²) in [5.74, 6) is 0.699. The van der Waals surface area contributed by atoms with Gasteiger partial charge in [0, 0.05) is 12.2 Å². The van der Waals surface area contributed by atoms with Crippen LogP contribution in [0.3, 0.4) is 0 Å². The molecule has 1 aromatic carbocycles. The number of hydrogen-bond donors (Lipinski definition) is 0. The molecule has 1 heterocycles. The molecule has 2 unspecified atom stereocenters. The largest absolute Gasteiger partial charge is 0.459 e. The van der Waals surface area contributed by atoms with Gasteiger partial charge in [0.15, 0.2) is 0 Å². The van der Waals surface area contributed by atoms with Gasteiger partial charge in [-0.3, -0.25) is 4.79 Å². The molecule has 1 saturated heterocycles. The van der Waals surface area contributed by atoms with Gasteiger partial charge < -0.3 is 9.47 Å². The normalized spacial score (nSPS) is 20.6. The van der Waals surface area contributed by atoms with Crippen LogP contribution < -0.4 is 0 Å². The van der Waals surface area contributed by atoms with Gasteiger partial charge in [-0.2, -0.15) is 0 Å². The molecular formula is C14H18O3S. The fourth-order valence-electron chi connectivity index (χ4n) is 1.73. The molecule has 0 aromatic heterocycles. The van der Waals surface area contributed by atoms with Crippen LogP contribution in [0.5, 0.6) is 0 Å². The van der Waals surface area contributed by atoms with Crippen molar-refractivity contribution in [2.45, 2.75) is 30.5 Å². The highest BCUT2D eigenvalue weighted by Gasteiger charge is 2.23. The summed E-state index contributed by atoms with van der Waals surface area (Å²) in [6, 6.07) is 10.1. The lowest BCUT2D eigenvalue weighted by atomic mass is 10.2. The molecule has 1 aliphatic heterocycles. The molecule has 3 nitrogen and oxygen atoms in total. The molecular weight excluding hydrogens is 248 g/mol. The number of ether oxygens (including phenoxy) is 2. The number of carbonyl (C=O) groups excluding carboxylic acids is 1. The maximum absolute atomic E-state index is 11.8. The molecule has 1 aliphatic rings. The summed E-state index contributed by atoms with van der Waals surface area (Å²) < 4.78 is 10.6. The second-order valence-corrected chi connectivity index (χ2v) is 5.69. The number of esters is 1. The lowest BCUT2D eigenvalue weighted by Gasteiger charge is -2.14. The van der Waals surface area contributed by atoms with Gasteiger partial charge in [-0.05, 0) is 12.5 Å². The van der Waals surface area contributed by atoms with Gasteiger partial charge in [-0.15, -0.1) is 11.8 Å². The Labute approximate surface area is 112 Å². The zero-order valence-electron chi connectivity index (χ0n) is 10.5. The van der Waals surface area contributed by atoms with Crippen molar-refractivity contribution < 1.29 is 14.3 Å². The molecule has 18 heavy (non-hydrogen) atoms. The van der Waals surface area contributed by atoms with Crippen LogP contribution in [0.1, 0.15) is 18.9 Å². The first-order valence-electron chi connectivity index (χ1n) is 6.19. The number of benzene rings is 1. The molecule has 4 heteroatoms. The highest BCUT2D eigenvalue weighted by Crippen LogP contribution is 2.20. The van der Waals surface area contributed by atoms with Crippen LogP contribution in [0, 0.1) is 0 Å². The third-order valence-corrected chi connectivity index (χ3v) is 4.04. The van der Waals surface area contributed by atoms with Crippen LogP contribution >= 0.6 is 11.8 Å². The minimum atomic E-state index is -0.134. The Balaban J connectivity index is 1.73. The number of carbonyl (C=O) groups is 1. The molecule has 1 fully saturated rings. The van der Waals surface area contributed by atoms with E-state index in [2.05, 4.69) is 12.1 Å². The average Bonchev–Trinajstić information content (AvgIpc) is 2.90. The van der Waals surface area contributed by atoms with Crippen molar-refractivity contribution >= 4 is 17.7 Å². The minimum Gasteiger partial charge on any atom is -0.459 e. The summed E-state index contributed by atoms with van der Waals surface area (Å²) >= 11 is 1.61.